The number of piperidine rings is 1. The maximum absolute atomic E-state index is 12.7. The highest BCUT2D eigenvalue weighted by Gasteiger charge is 2.30. The maximum Gasteiger partial charge on any atom is 0.317 e. The van der Waals surface area contributed by atoms with Crippen LogP contribution in [0.1, 0.15) is 12.8 Å². The highest BCUT2D eigenvalue weighted by Crippen LogP contribution is 2.28. The van der Waals surface area contributed by atoms with Gasteiger partial charge >= 0.3 is 5.97 Å². The number of carboxylic acids is 1. The third-order valence-electron chi connectivity index (χ3n) is 3.72. The Hall–Kier alpha value is -0.860. The van der Waals surface area contributed by atoms with Crippen LogP contribution in [-0.4, -0.2) is 50.0 Å². The molecule has 0 aliphatic carbocycles. The Morgan fingerprint density at radius 1 is 1.35 bits per heavy atom. The van der Waals surface area contributed by atoms with Gasteiger partial charge in [0.2, 0.25) is 10.0 Å². The first kappa shape index (κ1) is 18.5. The molecule has 0 saturated carbocycles. The Morgan fingerprint density at radius 3 is 2.74 bits per heavy atom. The fourth-order valence-corrected chi connectivity index (χ4v) is 4.53. The molecule has 2 N–H and O–H groups in total. The van der Waals surface area contributed by atoms with Gasteiger partial charge in [0.15, 0.2) is 0 Å². The van der Waals surface area contributed by atoms with Gasteiger partial charge in [0.1, 0.15) is 0 Å². The molecule has 2 rings (SSSR count). The van der Waals surface area contributed by atoms with Crippen molar-refractivity contribution in [3.05, 3.63) is 28.2 Å². The lowest BCUT2D eigenvalue weighted by molar-refractivity contribution is -0.136. The molecule has 128 valence electrons. The number of carbonyl (C=O) groups is 1. The van der Waals surface area contributed by atoms with E-state index in [1.807, 2.05) is 0 Å². The molecule has 0 aromatic heterocycles. The van der Waals surface area contributed by atoms with Crippen LogP contribution in [0.2, 0.25) is 10.0 Å². The lowest BCUT2D eigenvalue weighted by Gasteiger charge is -2.32. The number of halogens is 2. The van der Waals surface area contributed by atoms with Gasteiger partial charge in [0.05, 0.1) is 21.5 Å². The lowest BCUT2D eigenvalue weighted by atomic mass is 10.00. The average molecular weight is 381 g/mol. The van der Waals surface area contributed by atoms with E-state index in [-0.39, 0.29) is 22.4 Å². The van der Waals surface area contributed by atoms with Crippen LogP contribution >= 0.6 is 23.2 Å². The first-order valence-corrected chi connectivity index (χ1v) is 9.38. The minimum absolute atomic E-state index is 0.0839. The van der Waals surface area contributed by atoms with Gasteiger partial charge in [0, 0.05) is 13.1 Å². The Morgan fingerprint density at radius 2 is 2.09 bits per heavy atom. The molecule has 0 amide bonds. The average Bonchev–Trinajstić information content (AvgIpc) is 2.50. The lowest BCUT2D eigenvalue weighted by Crippen LogP contribution is -2.43. The van der Waals surface area contributed by atoms with Crippen LogP contribution in [0, 0.1) is 5.92 Å². The van der Waals surface area contributed by atoms with Gasteiger partial charge in [-0.3, -0.25) is 4.79 Å². The number of carboxylic acid groups (broad SMARTS) is 1. The van der Waals surface area contributed by atoms with Crippen molar-refractivity contribution in [1.29, 1.82) is 0 Å². The molecule has 1 heterocycles. The zero-order valence-electron chi connectivity index (χ0n) is 12.3. The van der Waals surface area contributed by atoms with Gasteiger partial charge in [-0.15, -0.1) is 0 Å². The van der Waals surface area contributed by atoms with Crippen LogP contribution in [0.5, 0.6) is 0 Å². The van der Waals surface area contributed by atoms with E-state index in [0.29, 0.717) is 24.7 Å². The van der Waals surface area contributed by atoms with Crippen LogP contribution in [0.3, 0.4) is 0 Å². The van der Waals surface area contributed by atoms with Crippen molar-refractivity contribution in [1.82, 2.24) is 9.62 Å². The third-order valence-corrected chi connectivity index (χ3v) is 6.32. The Bertz CT molecular complexity index is 681. The molecule has 1 fully saturated rings. The number of aliphatic carboxylic acids is 1. The second kappa shape index (κ2) is 7.81. The monoisotopic (exact) mass is 380 g/mol. The molecule has 1 unspecified atom stereocenters. The van der Waals surface area contributed by atoms with Gasteiger partial charge < -0.3 is 10.4 Å². The van der Waals surface area contributed by atoms with E-state index in [0.717, 1.165) is 12.8 Å². The Labute approximate surface area is 145 Å². The molecule has 1 aliphatic rings. The van der Waals surface area contributed by atoms with E-state index in [9.17, 15) is 13.2 Å². The molecule has 0 spiro atoms. The molecule has 0 radical (unpaired) electrons. The van der Waals surface area contributed by atoms with Crippen molar-refractivity contribution in [2.24, 2.45) is 5.92 Å². The summed E-state index contributed by atoms with van der Waals surface area (Å²) in [5.41, 5.74) is 0. The summed E-state index contributed by atoms with van der Waals surface area (Å²) in [5.74, 6) is -0.846. The van der Waals surface area contributed by atoms with E-state index in [4.69, 9.17) is 28.3 Å². The minimum atomic E-state index is -3.63. The molecule has 1 saturated heterocycles. The predicted molar refractivity (Wildman–Crippen MR) is 88.5 cm³/mol. The zero-order valence-corrected chi connectivity index (χ0v) is 14.7. The summed E-state index contributed by atoms with van der Waals surface area (Å²) in [6.07, 6.45) is 1.60. The number of hydrogen-bond donors (Lipinski definition) is 2. The molecule has 1 aromatic rings. The Kier molecular flexibility index (Phi) is 6.27. The van der Waals surface area contributed by atoms with Crippen molar-refractivity contribution in [3.8, 4) is 0 Å². The summed E-state index contributed by atoms with van der Waals surface area (Å²) in [6, 6.07) is 4.26. The number of nitrogens with zero attached hydrogens (tertiary/aromatic N) is 1. The molecular weight excluding hydrogens is 363 g/mol. The maximum atomic E-state index is 12.7. The summed E-state index contributed by atoms with van der Waals surface area (Å²) < 4.78 is 26.8. The minimum Gasteiger partial charge on any atom is -0.480 e. The second-order valence-electron chi connectivity index (χ2n) is 5.47. The molecule has 1 aliphatic heterocycles. The van der Waals surface area contributed by atoms with Gasteiger partial charge in [-0.25, -0.2) is 8.42 Å². The summed E-state index contributed by atoms with van der Waals surface area (Å²) in [4.78, 5) is 10.6. The number of benzene rings is 1. The first-order chi connectivity index (χ1) is 10.8. The van der Waals surface area contributed by atoms with Crippen LogP contribution < -0.4 is 5.32 Å². The van der Waals surface area contributed by atoms with Gasteiger partial charge in [-0.05, 0) is 43.5 Å². The highest BCUT2D eigenvalue weighted by atomic mass is 35.5. The summed E-state index contributed by atoms with van der Waals surface area (Å²) in [5, 5.41) is 12.0. The topological polar surface area (TPSA) is 86.7 Å². The summed E-state index contributed by atoms with van der Waals surface area (Å²) in [7, 11) is -3.63. The standard InChI is InChI=1S/C14H18Cl2N2O4S/c15-12-4-3-11(6-13(12)16)23(21,22)18-5-1-2-10(9-18)7-17-8-14(19)20/h3-4,6,10,17H,1-2,5,7-9H2,(H,19,20). The van der Waals surface area contributed by atoms with Crippen molar-refractivity contribution in [2.45, 2.75) is 17.7 Å². The first-order valence-electron chi connectivity index (χ1n) is 7.18. The van der Waals surface area contributed by atoms with E-state index in [2.05, 4.69) is 5.32 Å². The van der Waals surface area contributed by atoms with Gasteiger partial charge in [-0.1, -0.05) is 23.2 Å². The quantitative estimate of drug-likeness (QED) is 0.788. The van der Waals surface area contributed by atoms with E-state index in [1.165, 1.54) is 22.5 Å². The zero-order chi connectivity index (χ0) is 17.0. The highest BCUT2D eigenvalue weighted by molar-refractivity contribution is 7.89. The predicted octanol–water partition coefficient (Wildman–Crippen LogP) is 2.07. The number of sulfonamides is 1. The normalized spacial score (nSPS) is 19.7. The largest absolute Gasteiger partial charge is 0.480 e. The molecule has 0 bridgehead atoms. The molecule has 6 nitrogen and oxygen atoms in total. The van der Waals surface area contributed by atoms with Crippen LogP contribution in [0.4, 0.5) is 0 Å². The fourth-order valence-electron chi connectivity index (χ4n) is 2.58. The van der Waals surface area contributed by atoms with Crippen LogP contribution in [-0.2, 0) is 14.8 Å². The van der Waals surface area contributed by atoms with E-state index >= 15 is 0 Å². The van der Waals surface area contributed by atoms with Crippen LogP contribution in [0.25, 0.3) is 0 Å². The van der Waals surface area contributed by atoms with Crippen molar-refractivity contribution < 1.29 is 18.3 Å². The fraction of sp³-hybridized carbons (Fsp3) is 0.500. The molecule has 1 aromatic carbocycles. The van der Waals surface area contributed by atoms with E-state index in [1.54, 1.807) is 0 Å². The molecule has 1 atom stereocenters. The number of nitrogens with one attached hydrogen (secondary N) is 1. The van der Waals surface area contributed by atoms with Crippen molar-refractivity contribution >= 4 is 39.2 Å². The Balaban J connectivity index is 2.06. The third kappa shape index (κ3) is 4.81. The second-order valence-corrected chi connectivity index (χ2v) is 8.22. The number of hydrogen-bond acceptors (Lipinski definition) is 4. The SMILES string of the molecule is O=C(O)CNCC1CCCN(S(=O)(=O)c2ccc(Cl)c(Cl)c2)C1. The smallest absolute Gasteiger partial charge is 0.317 e. The van der Waals surface area contributed by atoms with Crippen molar-refractivity contribution in [3.63, 3.8) is 0 Å². The van der Waals surface area contributed by atoms with Gasteiger partial charge in [0.25, 0.3) is 0 Å². The molecular formula is C14H18Cl2N2O4S. The van der Waals surface area contributed by atoms with Crippen molar-refractivity contribution in [2.75, 3.05) is 26.2 Å². The van der Waals surface area contributed by atoms with Gasteiger partial charge in [-0.2, -0.15) is 4.31 Å². The molecule has 23 heavy (non-hydrogen) atoms. The summed E-state index contributed by atoms with van der Waals surface area (Å²) in [6.45, 7) is 1.14. The molecule has 9 heteroatoms. The van der Waals surface area contributed by atoms with E-state index < -0.39 is 16.0 Å². The summed E-state index contributed by atoms with van der Waals surface area (Å²) >= 11 is 11.7. The van der Waals surface area contributed by atoms with Crippen LogP contribution in [0.15, 0.2) is 23.1 Å². The number of rotatable bonds is 6.